The van der Waals surface area contributed by atoms with E-state index in [1.807, 2.05) is 11.3 Å². The fourth-order valence-electron chi connectivity index (χ4n) is 8.45. The van der Waals surface area contributed by atoms with Crippen LogP contribution in [0.1, 0.15) is 79.0 Å². The first-order chi connectivity index (χ1) is 22.2. The highest BCUT2D eigenvalue weighted by molar-refractivity contribution is 7.26. The predicted octanol–water partition coefficient (Wildman–Crippen LogP) is 13.1. The number of thiophene rings is 1. The first-order valence-corrected chi connectivity index (χ1v) is 17.9. The van der Waals surface area contributed by atoms with Gasteiger partial charge < -0.3 is 8.80 Å². The van der Waals surface area contributed by atoms with Gasteiger partial charge in [-0.1, -0.05) is 86.6 Å². The molecule has 232 valence electrons. The Hall–Kier alpha value is -4.34. The van der Waals surface area contributed by atoms with Gasteiger partial charge in [0.15, 0.2) is 0 Å². The number of fused-ring (bicyclic) bond motifs is 15. The molecule has 10 aromatic rings. The lowest BCUT2D eigenvalue weighted by atomic mass is 9.84. The van der Waals surface area contributed by atoms with Gasteiger partial charge in [-0.15, -0.1) is 11.3 Å². The Morgan fingerprint density at radius 2 is 0.936 bits per heavy atom. The van der Waals surface area contributed by atoms with Crippen LogP contribution in [0.3, 0.4) is 0 Å². The molecule has 5 aromatic carbocycles. The molecule has 5 aromatic heterocycles. The van der Waals surface area contributed by atoms with Crippen LogP contribution in [-0.2, 0) is 16.2 Å². The smallest absolute Gasteiger partial charge is 0.0728 e. The third-order valence-corrected chi connectivity index (χ3v) is 12.2. The van der Waals surface area contributed by atoms with Gasteiger partial charge in [0.25, 0.3) is 0 Å². The Balaban J connectivity index is 1.49. The minimum atomic E-state index is 0.0217. The van der Waals surface area contributed by atoms with Crippen LogP contribution in [0.4, 0.5) is 0 Å². The third-order valence-electron chi connectivity index (χ3n) is 11.0. The summed E-state index contributed by atoms with van der Waals surface area (Å²) in [5.41, 5.74) is 12.3. The number of nitrogens with zero attached hydrogens (tertiary/aromatic N) is 2. The Kier molecular flexibility index (Phi) is 4.95. The molecular weight excluding hydrogens is 589 g/mol. The van der Waals surface area contributed by atoms with Crippen LogP contribution >= 0.6 is 11.3 Å². The molecule has 0 saturated heterocycles. The summed E-state index contributed by atoms with van der Waals surface area (Å²) in [4.78, 5) is 0. The third kappa shape index (κ3) is 3.41. The fourth-order valence-corrected chi connectivity index (χ4v) is 9.65. The second kappa shape index (κ2) is 8.38. The van der Waals surface area contributed by atoms with E-state index in [2.05, 4.69) is 150 Å². The maximum Gasteiger partial charge on any atom is 0.0728 e. The highest BCUT2D eigenvalue weighted by Crippen LogP contribution is 2.51. The van der Waals surface area contributed by atoms with E-state index in [4.69, 9.17) is 0 Å². The van der Waals surface area contributed by atoms with Crippen molar-refractivity contribution in [1.82, 2.24) is 8.80 Å². The molecule has 2 nitrogen and oxygen atoms in total. The van der Waals surface area contributed by atoms with E-state index in [1.54, 1.807) is 0 Å². The van der Waals surface area contributed by atoms with Crippen LogP contribution in [0.5, 0.6) is 0 Å². The molecule has 0 aliphatic carbocycles. The molecule has 3 heteroatoms. The molecule has 10 rings (SSSR count). The van der Waals surface area contributed by atoms with Crippen molar-refractivity contribution < 1.29 is 0 Å². The monoisotopic (exact) mass is 628 g/mol. The van der Waals surface area contributed by atoms with Crippen LogP contribution in [0.2, 0.25) is 0 Å². The van der Waals surface area contributed by atoms with Gasteiger partial charge in [0.1, 0.15) is 0 Å². The lowest BCUT2D eigenvalue weighted by Crippen LogP contribution is -2.11. The van der Waals surface area contributed by atoms with Crippen molar-refractivity contribution >= 4 is 96.9 Å². The van der Waals surface area contributed by atoms with E-state index in [0.29, 0.717) is 0 Å². The number of benzene rings is 5. The number of rotatable bonds is 0. The highest BCUT2D eigenvalue weighted by atomic mass is 32.1. The zero-order chi connectivity index (χ0) is 32.5. The minimum Gasteiger partial charge on any atom is -0.308 e. The van der Waals surface area contributed by atoms with Crippen molar-refractivity contribution in [1.29, 1.82) is 0 Å². The van der Waals surface area contributed by atoms with E-state index in [1.165, 1.54) is 102 Å². The molecule has 0 bridgehead atoms. The van der Waals surface area contributed by atoms with Crippen LogP contribution in [0.15, 0.2) is 78.9 Å². The maximum atomic E-state index is 2.60. The molecule has 0 amide bonds. The van der Waals surface area contributed by atoms with Crippen LogP contribution in [0, 0.1) is 0 Å². The molecule has 0 aliphatic rings. The lowest BCUT2D eigenvalue weighted by Gasteiger charge is -2.20. The molecule has 0 atom stereocenters. The van der Waals surface area contributed by atoms with E-state index in [-0.39, 0.29) is 16.2 Å². The predicted molar refractivity (Wildman–Crippen MR) is 207 cm³/mol. The summed E-state index contributed by atoms with van der Waals surface area (Å²) < 4.78 is 7.94. The van der Waals surface area contributed by atoms with Gasteiger partial charge in [-0.25, -0.2) is 0 Å². The molecule has 0 N–H and O–H groups in total. The average molecular weight is 629 g/mol. The van der Waals surface area contributed by atoms with Crippen molar-refractivity contribution in [2.24, 2.45) is 0 Å². The van der Waals surface area contributed by atoms with Crippen LogP contribution in [0.25, 0.3) is 85.6 Å². The van der Waals surface area contributed by atoms with Gasteiger partial charge in [-0.2, -0.15) is 0 Å². The normalized spacial score (nSPS) is 14.1. The zero-order valence-electron chi connectivity index (χ0n) is 28.8. The quantitative estimate of drug-likeness (QED) is 0.158. The van der Waals surface area contributed by atoms with Gasteiger partial charge in [0.05, 0.1) is 37.8 Å². The second-order valence-electron chi connectivity index (χ2n) is 17.1. The molecular formula is C44H40N2S. The molecule has 0 fully saturated rings. The first-order valence-electron chi connectivity index (χ1n) is 17.0. The Morgan fingerprint density at radius 1 is 0.426 bits per heavy atom. The van der Waals surface area contributed by atoms with Gasteiger partial charge in [0, 0.05) is 47.8 Å². The van der Waals surface area contributed by atoms with Crippen molar-refractivity contribution in [2.75, 3.05) is 0 Å². The molecule has 0 spiro atoms. The highest BCUT2D eigenvalue weighted by Gasteiger charge is 2.29. The number of hydrogen-bond acceptors (Lipinski definition) is 1. The topological polar surface area (TPSA) is 8.82 Å². The van der Waals surface area contributed by atoms with Crippen molar-refractivity contribution in [3.63, 3.8) is 0 Å². The Morgan fingerprint density at radius 3 is 1.57 bits per heavy atom. The molecule has 5 heterocycles. The van der Waals surface area contributed by atoms with Crippen molar-refractivity contribution in [3.05, 3.63) is 95.6 Å². The summed E-state index contributed by atoms with van der Waals surface area (Å²) in [6.07, 6.45) is 0. The number of hydrogen-bond donors (Lipinski definition) is 0. The van der Waals surface area contributed by atoms with Gasteiger partial charge in [0.2, 0.25) is 0 Å². The minimum absolute atomic E-state index is 0.0217. The lowest BCUT2D eigenvalue weighted by molar-refractivity contribution is 0.590. The van der Waals surface area contributed by atoms with Gasteiger partial charge in [-0.05, 0) is 87.5 Å². The molecule has 0 saturated carbocycles. The Labute approximate surface area is 278 Å². The first kappa shape index (κ1) is 27.7. The molecule has 47 heavy (non-hydrogen) atoms. The van der Waals surface area contributed by atoms with Gasteiger partial charge in [-0.3, -0.25) is 0 Å². The van der Waals surface area contributed by atoms with Crippen molar-refractivity contribution in [3.8, 4) is 0 Å². The summed E-state index contributed by atoms with van der Waals surface area (Å²) in [7, 11) is 0. The second-order valence-corrected chi connectivity index (χ2v) is 18.2. The molecule has 0 radical (unpaired) electrons. The van der Waals surface area contributed by atoms with Crippen molar-refractivity contribution in [2.45, 2.75) is 78.6 Å². The van der Waals surface area contributed by atoms with E-state index in [9.17, 15) is 0 Å². The Bertz CT molecular complexity index is 2940. The van der Waals surface area contributed by atoms with E-state index < -0.39 is 0 Å². The van der Waals surface area contributed by atoms with E-state index in [0.717, 1.165) is 0 Å². The maximum absolute atomic E-state index is 2.60. The molecule has 0 unspecified atom stereocenters. The standard InChI is InChI=1S/C44H40N2S/c1-42(2,3)23-14-15-32-27(18-23)28-19-24(43(4,5)6)20-29-36-33(45(32)38(28)29)16-17-34-37(36)30-21-25(44(7,8)9)22-31-39(30)46(34)40-26-12-10-11-13-35(26)47-41(31)40/h10-22H,1-9H3. The SMILES string of the molecule is CC(C)(C)c1ccc2c(c1)c1cc(C(C)(C)C)cc3c4c5c6cc(C(C)(C)C)cc7c8sc9ccccc9c8n(c5ccc4n2c13)c76. The average Bonchev–Trinajstić information content (AvgIpc) is 3.78. The summed E-state index contributed by atoms with van der Waals surface area (Å²) >= 11 is 1.94. The number of aromatic nitrogens is 2. The zero-order valence-corrected chi connectivity index (χ0v) is 29.6. The summed E-state index contributed by atoms with van der Waals surface area (Å²) in [6.45, 7) is 21.1. The summed E-state index contributed by atoms with van der Waals surface area (Å²) in [6, 6.07) is 31.0. The summed E-state index contributed by atoms with van der Waals surface area (Å²) in [5, 5.41) is 11.0. The van der Waals surface area contributed by atoms with Crippen LogP contribution < -0.4 is 0 Å². The van der Waals surface area contributed by atoms with E-state index >= 15 is 0 Å². The largest absolute Gasteiger partial charge is 0.308 e. The van der Waals surface area contributed by atoms with Crippen LogP contribution in [-0.4, -0.2) is 8.80 Å². The molecule has 0 aliphatic heterocycles. The fraction of sp³-hybridized carbons (Fsp3) is 0.273. The van der Waals surface area contributed by atoms with Gasteiger partial charge >= 0.3 is 0 Å². The summed E-state index contributed by atoms with van der Waals surface area (Å²) in [5.74, 6) is 0.